The van der Waals surface area contributed by atoms with E-state index in [2.05, 4.69) is 14.9 Å². The number of methoxy groups -OCH3 is 1. The van der Waals surface area contributed by atoms with Gasteiger partial charge in [-0.3, -0.25) is 5.10 Å². The minimum atomic E-state index is -0.472. The Morgan fingerprint density at radius 3 is 2.84 bits per heavy atom. The summed E-state index contributed by atoms with van der Waals surface area (Å²) in [4.78, 5) is 11.3. The first-order valence-electron chi connectivity index (χ1n) is 5.81. The molecular weight excluding hydrogens is 248 g/mol. The number of fused-ring (bicyclic) bond motifs is 1. The van der Waals surface area contributed by atoms with Crippen molar-refractivity contribution in [3.63, 3.8) is 0 Å². The highest BCUT2D eigenvalue weighted by molar-refractivity contribution is 5.88. The van der Waals surface area contributed by atoms with Crippen LogP contribution in [0.15, 0.2) is 24.3 Å². The first-order chi connectivity index (χ1) is 9.28. The molecule has 1 aromatic carbocycles. The molecule has 0 atom stereocenters. The molecule has 3 rings (SSSR count). The molecule has 0 saturated heterocycles. The lowest BCUT2D eigenvalue weighted by molar-refractivity contribution is 0.0594. The standard InChI is InChI=1S/C13H12N2O4/c1-17-13(16)10-7-9(14-15-10)8-2-3-11-12(6-8)19-5-4-18-11/h2-3,6-7H,4-5H2,1H3,(H,14,15). The molecule has 2 aromatic rings. The second-order valence-corrected chi connectivity index (χ2v) is 4.02. The van der Waals surface area contributed by atoms with Crippen LogP contribution in [0.2, 0.25) is 0 Å². The minimum Gasteiger partial charge on any atom is -0.486 e. The second-order valence-electron chi connectivity index (χ2n) is 4.02. The topological polar surface area (TPSA) is 73.4 Å². The molecule has 19 heavy (non-hydrogen) atoms. The monoisotopic (exact) mass is 260 g/mol. The van der Waals surface area contributed by atoms with Gasteiger partial charge in [0.15, 0.2) is 17.2 Å². The zero-order valence-corrected chi connectivity index (χ0v) is 10.3. The van der Waals surface area contributed by atoms with Crippen molar-refractivity contribution in [3.05, 3.63) is 30.0 Å². The van der Waals surface area contributed by atoms with Crippen LogP contribution in [0.5, 0.6) is 11.5 Å². The van der Waals surface area contributed by atoms with E-state index in [0.717, 1.165) is 17.0 Å². The molecule has 0 radical (unpaired) electrons. The first-order valence-corrected chi connectivity index (χ1v) is 5.81. The van der Waals surface area contributed by atoms with Crippen molar-refractivity contribution in [2.75, 3.05) is 20.3 Å². The van der Waals surface area contributed by atoms with Crippen LogP contribution in [0.3, 0.4) is 0 Å². The molecule has 0 spiro atoms. The maximum absolute atomic E-state index is 11.3. The van der Waals surface area contributed by atoms with E-state index in [4.69, 9.17) is 9.47 Å². The Labute approximate surface area is 109 Å². The molecule has 0 aliphatic carbocycles. The van der Waals surface area contributed by atoms with Crippen LogP contribution in [-0.4, -0.2) is 36.5 Å². The number of carbonyl (C=O) groups is 1. The molecular formula is C13H12N2O4. The summed E-state index contributed by atoms with van der Waals surface area (Å²) in [5, 5.41) is 6.70. The molecule has 6 heteroatoms. The Hall–Kier alpha value is -2.50. The largest absolute Gasteiger partial charge is 0.486 e. The van der Waals surface area contributed by atoms with Crippen molar-refractivity contribution in [2.45, 2.75) is 0 Å². The average Bonchev–Trinajstić information content (AvgIpc) is 2.95. The Balaban J connectivity index is 1.93. The van der Waals surface area contributed by atoms with Gasteiger partial charge in [0.25, 0.3) is 0 Å². The van der Waals surface area contributed by atoms with Gasteiger partial charge in [0.05, 0.1) is 12.8 Å². The maximum atomic E-state index is 11.3. The number of carbonyl (C=O) groups excluding carboxylic acids is 1. The van der Waals surface area contributed by atoms with Crippen LogP contribution < -0.4 is 9.47 Å². The van der Waals surface area contributed by atoms with E-state index in [-0.39, 0.29) is 5.69 Å². The average molecular weight is 260 g/mol. The van der Waals surface area contributed by atoms with Gasteiger partial charge >= 0.3 is 5.97 Å². The van der Waals surface area contributed by atoms with Crippen LogP contribution >= 0.6 is 0 Å². The molecule has 1 aromatic heterocycles. The molecule has 0 fully saturated rings. The Morgan fingerprint density at radius 2 is 2.05 bits per heavy atom. The number of hydrogen-bond donors (Lipinski definition) is 1. The van der Waals surface area contributed by atoms with Crippen molar-refractivity contribution < 1.29 is 19.0 Å². The summed E-state index contributed by atoms with van der Waals surface area (Å²) in [7, 11) is 1.32. The summed E-state index contributed by atoms with van der Waals surface area (Å²) >= 11 is 0. The number of hydrogen-bond acceptors (Lipinski definition) is 5. The van der Waals surface area contributed by atoms with E-state index in [0.29, 0.717) is 19.0 Å². The van der Waals surface area contributed by atoms with Gasteiger partial charge < -0.3 is 14.2 Å². The van der Waals surface area contributed by atoms with Gasteiger partial charge in [0.1, 0.15) is 13.2 Å². The van der Waals surface area contributed by atoms with E-state index in [1.54, 1.807) is 6.07 Å². The lowest BCUT2D eigenvalue weighted by atomic mass is 10.1. The van der Waals surface area contributed by atoms with E-state index < -0.39 is 5.97 Å². The summed E-state index contributed by atoms with van der Waals surface area (Å²) in [6.07, 6.45) is 0. The fraction of sp³-hybridized carbons (Fsp3) is 0.231. The number of rotatable bonds is 2. The molecule has 0 bridgehead atoms. The van der Waals surface area contributed by atoms with Crippen LogP contribution in [0.1, 0.15) is 10.5 Å². The van der Waals surface area contributed by atoms with Crippen molar-refractivity contribution in [1.29, 1.82) is 0 Å². The van der Waals surface area contributed by atoms with Gasteiger partial charge in [-0.1, -0.05) is 0 Å². The van der Waals surface area contributed by atoms with Crippen molar-refractivity contribution in [3.8, 4) is 22.8 Å². The zero-order valence-electron chi connectivity index (χ0n) is 10.3. The quantitative estimate of drug-likeness (QED) is 0.831. The Kier molecular flexibility index (Phi) is 2.83. The van der Waals surface area contributed by atoms with E-state index in [1.165, 1.54) is 7.11 Å². The lowest BCUT2D eigenvalue weighted by Crippen LogP contribution is -2.15. The van der Waals surface area contributed by atoms with Crippen molar-refractivity contribution in [1.82, 2.24) is 10.2 Å². The number of ether oxygens (including phenoxy) is 3. The number of aromatic amines is 1. The van der Waals surface area contributed by atoms with E-state index in [1.807, 2.05) is 18.2 Å². The molecule has 0 saturated carbocycles. The number of esters is 1. The second kappa shape index (κ2) is 4.64. The number of nitrogens with one attached hydrogen (secondary N) is 1. The van der Waals surface area contributed by atoms with Gasteiger partial charge in [-0.2, -0.15) is 5.10 Å². The lowest BCUT2D eigenvalue weighted by Gasteiger charge is -2.18. The first kappa shape index (κ1) is 11.6. The Bertz CT molecular complexity index is 621. The van der Waals surface area contributed by atoms with E-state index >= 15 is 0 Å². The number of benzene rings is 1. The molecule has 0 amide bonds. The predicted octanol–water partition coefficient (Wildman–Crippen LogP) is 1.63. The summed E-state index contributed by atoms with van der Waals surface area (Å²) < 4.78 is 15.6. The maximum Gasteiger partial charge on any atom is 0.358 e. The van der Waals surface area contributed by atoms with Crippen LogP contribution in [0, 0.1) is 0 Å². The third kappa shape index (κ3) is 2.12. The highest BCUT2D eigenvalue weighted by Crippen LogP contribution is 2.34. The van der Waals surface area contributed by atoms with E-state index in [9.17, 15) is 4.79 Å². The smallest absolute Gasteiger partial charge is 0.358 e. The number of nitrogens with zero attached hydrogens (tertiary/aromatic N) is 1. The highest BCUT2D eigenvalue weighted by atomic mass is 16.6. The SMILES string of the molecule is COC(=O)c1cc(-c2ccc3c(c2)OCCO3)[nH]n1. The summed E-state index contributed by atoms with van der Waals surface area (Å²) in [6.45, 7) is 1.09. The van der Waals surface area contributed by atoms with Crippen molar-refractivity contribution in [2.24, 2.45) is 0 Å². The molecule has 1 N–H and O–H groups in total. The van der Waals surface area contributed by atoms with Gasteiger partial charge in [-0.15, -0.1) is 0 Å². The summed E-state index contributed by atoms with van der Waals surface area (Å²) in [5.74, 6) is 0.945. The van der Waals surface area contributed by atoms with Crippen molar-refractivity contribution >= 4 is 5.97 Å². The molecule has 6 nitrogen and oxygen atoms in total. The fourth-order valence-corrected chi connectivity index (χ4v) is 1.89. The van der Waals surface area contributed by atoms with Crippen LogP contribution in [-0.2, 0) is 4.74 Å². The van der Waals surface area contributed by atoms with Crippen LogP contribution in [0.25, 0.3) is 11.3 Å². The Morgan fingerprint density at radius 1 is 1.26 bits per heavy atom. The van der Waals surface area contributed by atoms with Crippen LogP contribution in [0.4, 0.5) is 0 Å². The predicted molar refractivity (Wildman–Crippen MR) is 66.4 cm³/mol. The molecule has 2 heterocycles. The summed E-state index contributed by atoms with van der Waals surface area (Å²) in [5.41, 5.74) is 1.83. The number of aromatic nitrogens is 2. The molecule has 0 unspecified atom stereocenters. The fourth-order valence-electron chi connectivity index (χ4n) is 1.89. The third-order valence-electron chi connectivity index (χ3n) is 2.83. The van der Waals surface area contributed by atoms with Gasteiger partial charge in [0, 0.05) is 5.56 Å². The summed E-state index contributed by atoms with van der Waals surface area (Å²) in [6, 6.07) is 7.20. The van der Waals surface area contributed by atoms with Gasteiger partial charge in [0.2, 0.25) is 0 Å². The normalized spacial score (nSPS) is 13.1. The number of H-pyrrole nitrogens is 1. The van der Waals surface area contributed by atoms with Gasteiger partial charge in [-0.25, -0.2) is 4.79 Å². The minimum absolute atomic E-state index is 0.243. The highest BCUT2D eigenvalue weighted by Gasteiger charge is 2.15. The molecule has 1 aliphatic heterocycles. The molecule has 1 aliphatic rings. The van der Waals surface area contributed by atoms with Gasteiger partial charge in [-0.05, 0) is 24.3 Å². The zero-order chi connectivity index (χ0) is 13.2. The molecule has 98 valence electrons. The third-order valence-corrected chi connectivity index (χ3v) is 2.83.